The van der Waals surface area contributed by atoms with Crippen LogP contribution in [0, 0.1) is 5.92 Å². The van der Waals surface area contributed by atoms with Crippen LogP contribution in [0.2, 0.25) is 0 Å². The lowest BCUT2D eigenvalue weighted by molar-refractivity contribution is -0.132. The summed E-state index contributed by atoms with van der Waals surface area (Å²) in [6, 6.07) is -0.330. The van der Waals surface area contributed by atoms with Gasteiger partial charge in [-0.15, -0.1) is 12.4 Å². The van der Waals surface area contributed by atoms with E-state index in [1.165, 1.54) is 0 Å². The quantitative estimate of drug-likeness (QED) is 0.806. The minimum atomic E-state index is -0.330. The molecule has 4 nitrogen and oxygen atoms in total. The largest absolute Gasteiger partial charge is 0.376 e. The van der Waals surface area contributed by atoms with Crippen molar-refractivity contribution in [2.75, 3.05) is 19.7 Å². The smallest absolute Gasteiger partial charge is 0.239 e. The van der Waals surface area contributed by atoms with Crippen molar-refractivity contribution in [2.24, 2.45) is 11.7 Å². The van der Waals surface area contributed by atoms with Crippen molar-refractivity contribution >= 4 is 18.3 Å². The van der Waals surface area contributed by atoms with E-state index in [-0.39, 0.29) is 30.5 Å². The van der Waals surface area contributed by atoms with Gasteiger partial charge < -0.3 is 15.4 Å². The maximum Gasteiger partial charge on any atom is 0.239 e. The van der Waals surface area contributed by atoms with E-state index in [1.807, 2.05) is 11.8 Å². The molecule has 1 heterocycles. The van der Waals surface area contributed by atoms with E-state index in [1.54, 1.807) is 0 Å². The molecule has 2 unspecified atom stereocenters. The van der Waals surface area contributed by atoms with Crippen LogP contribution in [0.3, 0.4) is 0 Å². The normalized spacial score (nSPS) is 20.9. The number of amides is 1. The first kappa shape index (κ1) is 17.7. The maximum atomic E-state index is 12.0. The van der Waals surface area contributed by atoms with Gasteiger partial charge in [0, 0.05) is 19.7 Å². The molecule has 108 valence electrons. The first-order valence-electron chi connectivity index (χ1n) is 6.70. The van der Waals surface area contributed by atoms with Gasteiger partial charge in [0.1, 0.15) is 0 Å². The van der Waals surface area contributed by atoms with Crippen molar-refractivity contribution in [3.05, 3.63) is 0 Å². The van der Waals surface area contributed by atoms with E-state index in [2.05, 4.69) is 13.8 Å². The highest BCUT2D eigenvalue weighted by Gasteiger charge is 2.29. The maximum absolute atomic E-state index is 12.0. The van der Waals surface area contributed by atoms with Crippen molar-refractivity contribution in [3.63, 3.8) is 0 Å². The first-order chi connectivity index (χ1) is 8.04. The second-order valence-electron chi connectivity index (χ2n) is 5.32. The number of likely N-dealkylation sites (tertiary alicyclic amines) is 1. The summed E-state index contributed by atoms with van der Waals surface area (Å²) >= 11 is 0. The molecule has 0 radical (unpaired) electrons. The molecule has 1 aliphatic rings. The molecule has 5 heteroatoms. The molecular weight excluding hydrogens is 252 g/mol. The van der Waals surface area contributed by atoms with Crippen molar-refractivity contribution in [2.45, 2.75) is 52.2 Å². The number of nitrogens with two attached hydrogens (primary N) is 1. The number of nitrogens with zero attached hydrogens (tertiary/aromatic N) is 1. The van der Waals surface area contributed by atoms with Crippen LogP contribution in [0.25, 0.3) is 0 Å². The minimum Gasteiger partial charge on any atom is -0.376 e. The van der Waals surface area contributed by atoms with E-state index in [4.69, 9.17) is 10.5 Å². The Hall–Kier alpha value is -0.320. The highest BCUT2D eigenvalue weighted by molar-refractivity contribution is 5.85. The number of hydrogen-bond donors (Lipinski definition) is 1. The Morgan fingerprint density at radius 2 is 2.17 bits per heavy atom. The van der Waals surface area contributed by atoms with Gasteiger partial charge in [-0.3, -0.25) is 4.79 Å². The van der Waals surface area contributed by atoms with Gasteiger partial charge in [0.2, 0.25) is 5.91 Å². The van der Waals surface area contributed by atoms with E-state index < -0.39 is 0 Å². The van der Waals surface area contributed by atoms with Gasteiger partial charge in [-0.25, -0.2) is 0 Å². The van der Waals surface area contributed by atoms with Gasteiger partial charge in [0.05, 0.1) is 12.1 Å². The second-order valence-corrected chi connectivity index (χ2v) is 5.32. The molecule has 1 saturated heterocycles. The number of carbonyl (C=O) groups excluding carboxylic acids is 1. The van der Waals surface area contributed by atoms with E-state index in [0.29, 0.717) is 12.5 Å². The Bertz CT molecular complexity index is 249. The number of halogens is 1. The SMILES string of the molecule is CCCC(N)C(=O)N1CCC(OCC(C)C)C1.Cl. The van der Waals surface area contributed by atoms with Gasteiger partial charge in [0.25, 0.3) is 0 Å². The Morgan fingerprint density at radius 1 is 1.50 bits per heavy atom. The molecule has 0 bridgehead atoms. The molecule has 2 N–H and O–H groups in total. The number of ether oxygens (including phenoxy) is 1. The zero-order chi connectivity index (χ0) is 12.8. The Morgan fingerprint density at radius 3 is 2.72 bits per heavy atom. The molecule has 18 heavy (non-hydrogen) atoms. The molecule has 1 aliphatic heterocycles. The van der Waals surface area contributed by atoms with E-state index >= 15 is 0 Å². The lowest BCUT2D eigenvalue weighted by Gasteiger charge is -2.20. The monoisotopic (exact) mass is 278 g/mol. The lowest BCUT2D eigenvalue weighted by Crippen LogP contribution is -2.43. The highest BCUT2D eigenvalue weighted by atomic mass is 35.5. The summed E-state index contributed by atoms with van der Waals surface area (Å²) in [4.78, 5) is 13.8. The standard InChI is InChI=1S/C13H26N2O2.ClH/c1-4-5-12(14)13(16)15-7-6-11(8-15)17-9-10(2)3;/h10-12H,4-9,14H2,1-3H3;1H. The van der Waals surface area contributed by atoms with Gasteiger partial charge in [-0.2, -0.15) is 0 Å². The fourth-order valence-electron chi connectivity index (χ4n) is 2.06. The van der Waals surface area contributed by atoms with Crippen LogP contribution in [0.4, 0.5) is 0 Å². The Labute approximate surface area is 117 Å². The predicted octanol–water partition coefficient (Wildman–Crippen LogP) is 1.81. The Balaban J connectivity index is 0.00000289. The van der Waals surface area contributed by atoms with Crippen LogP contribution in [0.1, 0.15) is 40.0 Å². The lowest BCUT2D eigenvalue weighted by atomic mass is 10.1. The summed E-state index contributed by atoms with van der Waals surface area (Å²) in [5.41, 5.74) is 5.84. The predicted molar refractivity (Wildman–Crippen MR) is 75.9 cm³/mol. The zero-order valence-electron chi connectivity index (χ0n) is 11.7. The molecule has 1 rings (SSSR count). The summed E-state index contributed by atoms with van der Waals surface area (Å²) in [6.45, 7) is 8.59. The second kappa shape index (κ2) is 8.73. The van der Waals surface area contributed by atoms with Crippen molar-refractivity contribution < 1.29 is 9.53 Å². The van der Waals surface area contributed by atoms with Crippen LogP contribution in [-0.2, 0) is 9.53 Å². The molecule has 0 aromatic heterocycles. The van der Waals surface area contributed by atoms with E-state index in [9.17, 15) is 4.79 Å². The average molecular weight is 279 g/mol. The zero-order valence-corrected chi connectivity index (χ0v) is 12.5. The molecule has 0 spiro atoms. The van der Waals surface area contributed by atoms with Gasteiger partial charge in [0.15, 0.2) is 0 Å². The third kappa shape index (κ3) is 5.55. The third-order valence-electron chi connectivity index (χ3n) is 3.04. The Kier molecular flexibility index (Phi) is 8.57. The summed E-state index contributed by atoms with van der Waals surface area (Å²) in [7, 11) is 0. The van der Waals surface area contributed by atoms with Crippen LogP contribution < -0.4 is 5.73 Å². The summed E-state index contributed by atoms with van der Waals surface area (Å²) in [5, 5.41) is 0. The van der Waals surface area contributed by atoms with Gasteiger partial charge in [-0.05, 0) is 18.8 Å². The average Bonchev–Trinajstić information content (AvgIpc) is 2.74. The van der Waals surface area contributed by atoms with Crippen LogP contribution >= 0.6 is 12.4 Å². The van der Waals surface area contributed by atoms with Crippen molar-refractivity contribution in [1.82, 2.24) is 4.90 Å². The van der Waals surface area contributed by atoms with Gasteiger partial charge >= 0.3 is 0 Å². The fourth-order valence-corrected chi connectivity index (χ4v) is 2.06. The topological polar surface area (TPSA) is 55.6 Å². The number of carbonyl (C=O) groups is 1. The number of rotatable bonds is 6. The molecular formula is C13H27ClN2O2. The molecule has 2 atom stereocenters. The summed E-state index contributed by atoms with van der Waals surface area (Å²) < 4.78 is 5.75. The summed E-state index contributed by atoms with van der Waals surface area (Å²) in [6.07, 6.45) is 2.87. The number of hydrogen-bond acceptors (Lipinski definition) is 3. The molecule has 0 saturated carbocycles. The molecule has 0 aromatic carbocycles. The van der Waals surface area contributed by atoms with Crippen LogP contribution in [0.5, 0.6) is 0 Å². The fraction of sp³-hybridized carbons (Fsp3) is 0.923. The first-order valence-corrected chi connectivity index (χ1v) is 6.70. The third-order valence-corrected chi connectivity index (χ3v) is 3.04. The van der Waals surface area contributed by atoms with Crippen molar-refractivity contribution in [1.29, 1.82) is 0 Å². The highest BCUT2D eigenvalue weighted by Crippen LogP contribution is 2.15. The van der Waals surface area contributed by atoms with Crippen LogP contribution in [-0.4, -0.2) is 42.6 Å². The molecule has 0 aliphatic carbocycles. The minimum absolute atomic E-state index is 0. The molecule has 0 aromatic rings. The molecule has 1 fully saturated rings. The van der Waals surface area contributed by atoms with Gasteiger partial charge in [-0.1, -0.05) is 27.2 Å². The van der Waals surface area contributed by atoms with Crippen molar-refractivity contribution in [3.8, 4) is 0 Å². The van der Waals surface area contributed by atoms with Crippen LogP contribution in [0.15, 0.2) is 0 Å². The summed E-state index contributed by atoms with van der Waals surface area (Å²) in [5.74, 6) is 0.629. The van der Waals surface area contributed by atoms with E-state index in [0.717, 1.165) is 32.4 Å². The molecule has 1 amide bonds.